The first-order valence-electron chi connectivity index (χ1n) is 6.22. The number of carbonyl (C=O) groups excluding carboxylic acids is 3. The van der Waals surface area contributed by atoms with Gasteiger partial charge in [-0.1, -0.05) is 18.7 Å². The monoisotopic (exact) mass is 280 g/mol. The highest BCUT2D eigenvalue weighted by Gasteiger charge is 2.57. The molecule has 108 valence electrons. The summed E-state index contributed by atoms with van der Waals surface area (Å²) in [5, 5.41) is 0. The minimum absolute atomic E-state index is 0.0778. The summed E-state index contributed by atoms with van der Waals surface area (Å²) in [4.78, 5) is 35.6. The quantitative estimate of drug-likeness (QED) is 0.430. The van der Waals surface area contributed by atoms with Crippen molar-refractivity contribution in [2.45, 2.75) is 19.4 Å². The second-order valence-electron chi connectivity index (χ2n) is 5.03. The second-order valence-corrected chi connectivity index (χ2v) is 5.03. The smallest absolute Gasteiger partial charge is 0.337 e. The van der Waals surface area contributed by atoms with Crippen molar-refractivity contribution in [1.82, 2.24) is 0 Å². The first kappa shape index (κ1) is 14.3. The molecule has 0 amide bonds. The predicted octanol–water partition coefficient (Wildman–Crippen LogP) is 0.767. The molecule has 0 aromatic heterocycles. The van der Waals surface area contributed by atoms with E-state index in [4.69, 9.17) is 9.47 Å². The largest absolute Gasteiger partial charge is 0.466 e. The molecule has 1 saturated heterocycles. The molecule has 0 N–H and O–H groups in total. The Hall–Kier alpha value is -2.11. The van der Waals surface area contributed by atoms with Crippen LogP contribution in [0.15, 0.2) is 24.3 Å². The Morgan fingerprint density at radius 1 is 1.60 bits per heavy atom. The van der Waals surface area contributed by atoms with Gasteiger partial charge in [-0.3, -0.25) is 9.59 Å². The topological polar surface area (TPSA) is 78.9 Å². The highest BCUT2D eigenvalue weighted by molar-refractivity contribution is 5.96. The number of ether oxygens (including phenoxy) is 3. The van der Waals surface area contributed by atoms with Crippen molar-refractivity contribution in [3.63, 3.8) is 0 Å². The van der Waals surface area contributed by atoms with E-state index >= 15 is 0 Å². The van der Waals surface area contributed by atoms with Gasteiger partial charge >= 0.3 is 17.9 Å². The summed E-state index contributed by atoms with van der Waals surface area (Å²) >= 11 is 0. The third kappa shape index (κ3) is 2.11. The number of carbonyl (C=O) groups is 3. The van der Waals surface area contributed by atoms with Gasteiger partial charge in [0.05, 0.1) is 24.0 Å². The van der Waals surface area contributed by atoms with E-state index in [1.165, 1.54) is 19.3 Å². The van der Waals surface area contributed by atoms with Crippen molar-refractivity contribution in [3.8, 4) is 0 Å². The van der Waals surface area contributed by atoms with Crippen LogP contribution in [0.2, 0.25) is 0 Å². The lowest BCUT2D eigenvalue weighted by Gasteiger charge is -2.44. The summed E-state index contributed by atoms with van der Waals surface area (Å²) < 4.78 is 14.8. The molecule has 3 aliphatic rings. The zero-order chi connectivity index (χ0) is 14.9. The molecule has 2 aliphatic heterocycles. The van der Waals surface area contributed by atoms with Gasteiger partial charge in [-0.25, -0.2) is 4.79 Å². The molecule has 6 nitrogen and oxygen atoms in total. The highest BCUT2D eigenvalue weighted by Crippen LogP contribution is 2.47. The van der Waals surface area contributed by atoms with Gasteiger partial charge < -0.3 is 14.2 Å². The van der Waals surface area contributed by atoms with Crippen LogP contribution in [-0.4, -0.2) is 37.7 Å². The van der Waals surface area contributed by atoms with E-state index in [2.05, 4.69) is 11.3 Å². The van der Waals surface area contributed by atoms with Crippen LogP contribution in [0.1, 0.15) is 13.3 Å². The molecule has 0 aromatic carbocycles. The van der Waals surface area contributed by atoms with E-state index in [0.717, 1.165) is 0 Å². The number of esters is 3. The van der Waals surface area contributed by atoms with E-state index in [0.29, 0.717) is 0 Å². The molecular weight excluding hydrogens is 264 g/mol. The summed E-state index contributed by atoms with van der Waals surface area (Å²) in [5.74, 6) is -2.40. The summed E-state index contributed by atoms with van der Waals surface area (Å²) in [6.45, 7) is 5.19. The molecule has 6 heteroatoms. The normalized spacial score (nSPS) is 31.1. The first-order valence-corrected chi connectivity index (χ1v) is 6.22. The minimum atomic E-state index is -1.03. The van der Waals surface area contributed by atoms with E-state index in [-0.39, 0.29) is 18.6 Å². The Labute approximate surface area is 116 Å². The van der Waals surface area contributed by atoms with Crippen LogP contribution in [0.25, 0.3) is 0 Å². The molecule has 2 bridgehead atoms. The Morgan fingerprint density at radius 3 is 2.85 bits per heavy atom. The van der Waals surface area contributed by atoms with Crippen molar-refractivity contribution in [1.29, 1.82) is 0 Å². The maximum absolute atomic E-state index is 12.1. The molecule has 0 unspecified atom stereocenters. The molecule has 0 saturated carbocycles. The molecule has 3 rings (SSSR count). The summed E-state index contributed by atoms with van der Waals surface area (Å²) in [5.41, 5.74) is -0.744. The molecule has 0 radical (unpaired) electrons. The van der Waals surface area contributed by atoms with Gasteiger partial charge in [0, 0.05) is 6.42 Å². The van der Waals surface area contributed by atoms with Crippen LogP contribution in [0.4, 0.5) is 0 Å². The maximum Gasteiger partial charge on any atom is 0.337 e. The Morgan fingerprint density at radius 2 is 2.30 bits per heavy atom. The highest BCUT2D eigenvalue weighted by atomic mass is 16.6. The molecule has 0 spiro atoms. The van der Waals surface area contributed by atoms with E-state index < -0.39 is 35.3 Å². The SMILES string of the molecule is C=CCOC(=O)[C@@]1(C)C[C@@H]2OC(=O)[C@H]1C=C2C(=O)OC. The summed E-state index contributed by atoms with van der Waals surface area (Å²) in [6.07, 6.45) is 2.36. The minimum Gasteiger partial charge on any atom is -0.466 e. The van der Waals surface area contributed by atoms with Crippen molar-refractivity contribution in [2.24, 2.45) is 11.3 Å². The van der Waals surface area contributed by atoms with E-state index in [1.807, 2.05) is 0 Å². The lowest BCUT2D eigenvalue weighted by molar-refractivity contribution is -0.183. The van der Waals surface area contributed by atoms with Gasteiger partial charge in [0.15, 0.2) is 0 Å². The van der Waals surface area contributed by atoms with E-state index in [1.54, 1.807) is 6.92 Å². The average Bonchev–Trinajstić information content (AvgIpc) is 2.43. The summed E-state index contributed by atoms with van der Waals surface area (Å²) in [7, 11) is 1.25. The zero-order valence-corrected chi connectivity index (χ0v) is 11.4. The molecule has 2 heterocycles. The van der Waals surface area contributed by atoms with Gasteiger partial charge in [0.1, 0.15) is 12.7 Å². The van der Waals surface area contributed by atoms with Gasteiger partial charge in [-0.2, -0.15) is 0 Å². The van der Waals surface area contributed by atoms with Gasteiger partial charge in [0.2, 0.25) is 0 Å². The predicted molar refractivity (Wildman–Crippen MR) is 67.3 cm³/mol. The summed E-state index contributed by atoms with van der Waals surface area (Å²) in [6, 6.07) is 0. The number of rotatable bonds is 4. The molecule has 3 atom stereocenters. The van der Waals surface area contributed by atoms with Crippen molar-refractivity contribution < 1.29 is 28.6 Å². The molecular formula is C14H16O6. The standard InChI is InChI=1S/C14H16O6/c1-4-5-19-13(17)14(2)7-10-8(11(15)18-3)6-9(14)12(16)20-10/h4,6,9-10H,1,5,7H2,2-3H3/t9-,10+,14+/m1/s1. The molecule has 0 aromatic rings. The molecule has 1 fully saturated rings. The third-order valence-electron chi connectivity index (χ3n) is 3.72. The maximum atomic E-state index is 12.1. The second kappa shape index (κ2) is 5.11. The van der Waals surface area contributed by atoms with Gasteiger partial charge in [0.25, 0.3) is 0 Å². The number of hydrogen-bond donors (Lipinski definition) is 0. The fourth-order valence-corrected chi connectivity index (χ4v) is 2.57. The van der Waals surface area contributed by atoms with Crippen LogP contribution in [0.5, 0.6) is 0 Å². The number of hydrogen-bond acceptors (Lipinski definition) is 6. The number of fused-ring (bicyclic) bond motifs is 2. The van der Waals surface area contributed by atoms with Crippen LogP contribution < -0.4 is 0 Å². The van der Waals surface area contributed by atoms with Crippen molar-refractivity contribution in [2.75, 3.05) is 13.7 Å². The number of methoxy groups -OCH3 is 1. The Bertz CT molecular complexity index is 506. The fourth-order valence-electron chi connectivity index (χ4n) is 2.57. The van der Waals surface area contributed by atoms with Crippen LogP contribution >= 0.6 is 0 Å². The lowest BCUT2D eigenvalue weighted by Crippen LogP contribution is -2.54. The fraction of sp³-hybridized carbons (Fsp3) is 0.500. The van der Waals surface area contributed by atoms with Crippen LogP contribution in [0, 0.1) is 11.3 Å². The van der Waals surface area contributed by atoms with E-state index in [9.17, 15) is 14.4 Å². The molecule has 1 aliphatic carbocycles. The van der Waals surface area contributed by atoms with Gasteiger partial charge in [-0.15, -0.1) is 0 Å². The third-order valence-corrected chi connectivity index (χ3v) is 3.72. The van der Waals surface area contributed by atoms with Crippen LogP contribution in [0.3, 0.4) is 0 Å². The van der Waals surface area contributed by atoms with Crippen molar-refractivity contribution >= 4 is 17.9 Å². The van der Waals surface area contributed by atoms with Crippen molar-refractivity contribution in [3.05, 3.63) is 24.3 Å². The Balaban J connectivity index is 2.30. The first-order chi connectivity index (χ1) is 9.43. The Kier molecular flexibility index (Phi) is 3.65. The molecule has 20 heavy (non-hydrogen) atoms. The average molecular weight is 280 g/mol. The van der Waals surface area contributed by atoms with Crippen LogP contribution in [-0.2, 0) is 28.6 Å². The van der Waals surface area contributed by atoms with Gasteiger partial charge in [-0.05, 0) is 6.92 Å². The lowest BCUT2D eigenvalue weighted by atomic mass is 9.65. The zero-order valence-electron chi connectivity index (χ0n) is 11.4.